The minimum absolute atomic E-state index is 0.0893. The molecule has 1 heterocycles. The van der Waals surface area contributed by atoms with Crippen LogP contribution in [-0.2, 0) is 11.8 Å². The van der Waals surface area contributed by atoms with E-state index in [2.05, 4.69) is 18.8 Å². The number of thiazole rings is 1. The zero-order valence-corrected chi connectivity index (χ0v) is 9.24. The van der Waals surface area contributed by atoms with Crippen LogP contribution in [0, 0.1) is 0 Å². The SMILES string of the molecule is CC(N)c1nc2c(s1)CCC2(C)C. The molecule has 1 aromatic rings. The molecule has 3 heteroatoms. The molecular formula is C10H16N2S. The molecule has 1 aromatic heterocycles. The number of fused-ring (bicyclic) bond motifs is 1. The number of hydrogen-bond acceptors (Lipinski definition) is 3. The zero-order chi connectivity index (χ0) is 9.64. The lowest BCUT2D eigenvalue weighted by atomic mass is 9.91. The molecule has 1 unspecified atom stereocenters. The van der Waals surface area contributed by atoms with Crippen LogP contribution in [0.25, 0.3) is 0 Å². The second-order valence-corrected chi connectivity index (χ2v) is 5.61. The van der Waals surface area contributed by atoms with Crippen LogP contribution in [0.3, 0.4) is 0 Å². The van der Waals surface area contributed by atoms with Gasteiger partial charge in [-0.15, -0.1) is 11.3 Å². The van der Waals surface area contributed by atoms with Gasteiger partial charge in [0.2, 0.25) is 0 Å². The molecule has 1 aliphatic carbocycles. The number of nitrogens with zero attached hydrogens (tertiary/aromatic N) is 1. The minimum atomic E-state index is 0.0893. The van der Waals surface area contributed by atoms with E-state index < -0.39 is 0 Å². The number of nitrogens with two attached hydrogens (primary N) is 1. The molecule has 2 rings (SSSR count). The van der Waals surface area contributed by atoms with Crippen LogP contribution in [0.2, 0.25) is 0 Å². The molecule has 0 aliphatic heterocycles. The van der Waals surface area contributed by atoms with Crippen molar-refractivity contribution in [2.24, 2.45) is 5.73 Å². The maximum atomic E-state index is 5.81. The first kappa shape index (κ1) is 9.16. The predicted molar refractivity (Wildman–Crippen MR) is 56.1 cm³/mol. The van der Waals surface area contributed by atoms with Gasteiger partial charge in [-0.3, -0.25) is 0 Å². The summed E-state index contributed by atoms with van der Waals surface area (Å²) < 4.78 is 0. The van der Waals surface area contributed by atoms with Crippen LogP contribution >= 0.6 is 11.3 Å². The van der Waals surface area contributed by atoms with Crippen LogP contribution in [0.5, 0.6) is 0 Å². The molecule has 0 amide bonds. The Bertz CT molecular complexity index is 326. The first-order valence-corrected chi connectivity index (χ1v) is 5.58. The van der Waals surface area contributed by atoms with E-state index in [0.29, 0.717) is 0 Å². The van der Waals surface area contributed by atoms with Gasteiger partial charge in [-0.2, -0.15) is 0 Å². The van der Waals surface area contributed by atoms with Crippen molar-refractivity contribution in [2.45, 2.75) is 45.1 Å². The van der Waals surface area contributed by atoms with E-state index in [1.54, 1.807) is 11.3 Å². The van der Waals surface area contributed by atoms with E-state index in [1.165, 1.54) is 23.4 Å². The Morgan fingerprint density at radius 1 is 1.54 bits per heavy atom. The lowest BCUT2D eigenvalue weighted by Gasteiger charge is -2.15. The van der Waals surface area contributed by atoms with Crippen LogP contribution in [-0.4, -0.2) is 4.98 Å². The van der Waals surface area contributed by atoms with Gasteiger partial charge in [0.15, 0.2) is 0 Å². The Hall–Kier alpha value is -0.410. The van der Waals surface area contributed by atoms with Crippen molar-refractivity contribution >= 4 is 11.3 Å². The average Bonchev–Trinajstić information content (AvgIpc) is 2.53. The van der Waals surface area contributed by atoms with E-state index in [0.717, 1.165) is 5.01 Å². The summed E-state index contributed by atoms with van der Waals surface area (Å²) in [6, 6.07) is 0.0893. The second kappa shape index (κ2) is 2.79. The molecule has 0 fully saturated rings. The Morgan fingerprint density at radius 2 is 2.23 bits per heavy atom. The molecule has 0 radical (unpaired) electrons. The summed E-state index contributed by atoms with van der Waals surface area (Å²) in [4.78, 5) is 6.09. The highest BCUT2D eigenvalue weighted by molar-refractivity contribution is 7.11. The van der Waals surface area contributed by atoms with Gasteiger partial charge in [-0.05, 0) is 19.8 Å². The third kappa shape index (κ3) is 1.40. The summed E-state index contributed by atoms with van der Waals surface area (Å²) in [7, 11) is 0. The Balaban J connectivity index is 2.42. The molecule has 2 N–H and O–H groups in total. The fourth-order valence-electron chi connectivity index (χ4n) is 1.81. The topological polar surface area (TPSA) is 38.9 Å². The zero-order valence-electron chi connectivity index (χ0n) is 8.42. The van der Waals surface area contributed by atoms with Gasteiger partial charge in [0.25, 0.3) is 0 Å². The number of aryl methyl sites for hydroxylation is 1. The highest BCUT2D eigenvalue weighted by atomic mass is 32.1. The van der Waals surface area contributed by atoms with Gasteiger partial charge in [0, 0.05) is 10.3 Å². The number of rotatable bonds is 1. The molecule has 0 spiro atoms. The molecule has 2 nitrogen and oxygen atoms in total. The maximum Gasteiger partial charge on any atom is 0.110 e. The van der Waals surface area contributed by atoms with Gasteiger partial charge < -0.3 is 5.73 Å². The fraction of sp³-hybridized carbons (Fsp3) is 0.700. The molecule has 0 saturated heterocycles. The van der Waals surface area contributed by atoms with Crippen LogP contribution in [0.4, 0.5) is 0 Å². The van der Waals surface area contributed by atoms with Crippen molar-refractivity contribution in [1.29, 1.82) is 0 Å². The molecule has 13 heavy (non-hydrogen) atoms. The van der Waals surface area contributed by atoms with E-state index in [1.807, 2.05) is 6.92 Å². The molecule has 0 saturated carbocycles. The highest BCUT2D eigenvalue weighted by Crippen LogP contribution is 2.41. The lowest BCUT2D eigenvalue weighted by Crippen LogP contribution is -2.14. The Morgan fingerprint density at radius 3 is 2.77 bits per heavy atom. The normalized spacial score (nSPS) is 21.5. The molecular weight excluding hydrogens is 180 g/mol. The fourth-order valence-corrected chi connectivity index (χ4v) is 3.01. The molecule has 72 valence electrons. The van der Waals surface area contributed by atoms with Gasteiger partial charge in [-0.25, -0.2) is 4.98 Å². The van der Waals surface area contributed by atoms with Crippen molar-refractivity contribution in [3.05, 3.63) is 15.6 Å². The summed E-state index contributed by atoms with van der Waals surface area (Å²) in [5.41, 5.74) is 7.38. The minimum Gasteiger partial charge on any atom is -0.322 e. The Kier molecular flexibility index (Phi) is 1.96. The Labute approximate surface area is 83.2 Å². The summed E-state index contributed by atoms with van der Waals surface area (Å²) in [5, 5.41) is 1.10. The monoisotopic (exact) mass is 196 g/mol. The number of aromatic nitrogens is 1. The van der Waals surface area contributed by atoms with Crippen LogP contribution in [0.1, 0.15) is 48.8 Å². The highest BCUT2D eigenvalue weighted by Gasteiger charge is 2.33. The van der Waals surface area contributed by atoms with Crippen molar-refractivity contribution < 1.29 is 0 Å². The molecule has 0 bridgehead atoms. The largest absolute Gasteiger partial charge is 0.322 e. The lowest BCUT2D eigenvalue weighted by molar-refractivity contribution is 0.507. The summed E-state index contributed by atoms with van der Waals surface area (Å²) >= 11 is 1.80. The van der Waals surface area contributed by atoms with E-state index in [4.69, 9.17) is 5.73 Å². The maximum absolute atomic E-state index is 5.81. The third-order valence-corrected chi connectivity index (χ3v) is 4.04. The van der Waals surface area contributed by atoms with Crippen molar-refractivity contribution in [2.75, 3.05) is 0 Å². The second-order valence-electron chi connectivity index (χ2n) is 4.50. The standard InChI is InChI=1S/C10H16N2S/c1-6(11)9-12-8-7(13-9)4-5-10(8,2)3/h6H,4-5,11H2,1-3H3. The van der Waals surface area contributed by atoms with Crippen molar-refractivity contribution in [3.8, 4) is 0 Å². The molecule has 1 atom stereocenters. The summed E-state index contributed by atoms with van der Waals surface area (Å²) in [6.07, 6.45) is 2.42. The van der Waals surface area contributed by atoms with Gasteiger partial charge in [-0.1, -0.05) is 13.8 Å². The smallest absolute Gasteiger partial charge is 0.110 e. The van der Waals surface area contributed by atoms with Gasteiger partial charge in [0.1, 0.15) is 5.01 Å². The van der Waals surface area contributed by atoms with Crippen LogP contribution < -0.4 is 5.73 Å². The van der Waals surface area contributed by atoms with E-state index >= 15 is 0 Å². The molecule has 0 aromatic carbocycles. The quantitative estimate of drug-likeness (QED) is 0.749. The van der Waals surface area contributed by atoms with E-state index in [-0.39, 0.29) is 11.5 Å². The number of hydrogen-bond donors (Lipinski definition) is 1. The summed E-state index contributed by atoms with van der Waals surface area (Å²) in [5.74, 6) is 0. The first-order chi connectivity index (χ1) is 6.00. The predicted octanol–water partition coefficient (Wildman–Crippen LogP) is 2.39. The van der Waals surface area contributed by atoms with Gasteiger partial charge >= 0.3 is 0 Å². The van der Waals surface area contributed by atoms with Crippen molar-refractivity contribution in [1.82, 2.24) is 4.98 Å². The summed E-state index contributed by atoms with van der Waals surface area (Å²) in [6.45, 7) is 6.54. The average molecular weight is 196 g/mol. The van der Waals surface area contributed by atoms with Gasteiger partial charge in [0.05, 0.1) is 11.7 Å². The van der Waals surface area contributed by atoms with Crippen molar-refractivity contribution in [3.63, 3.8) is 0 Å². The molecule has 1 aliphatic rings. The van der Waals surface area contributed by atoms with Crippen LogP contribution in [0.15, 0.2) is 0 Å². The van der Waals surface area contributed by atoms with E-state index in [9.17, 15) is 0 Å². The third-order valence-electron chi connectivity index (χ3n) is 2.72. The first-order valence-electron chi connectivity index (χ1n) is 4.76.